The molecule has 1 aromatic heterocycles. The third-order valence-electron chi connectivity index (χ3n) is 3.31. The lowest BCUT2D eigenvalue weighted by molar-refractivity contribution is 0.114. The summed E-state index contributed by atoms with van der Waals surface area (Å²) in [4.78, 5) is 4.10. The summed E-state index contributed by atoms with van der Waals surface area (Å²) >= 11 is 3.36. The molecule has 0 radical (unpaired) electrons. The molecule has 1 aliphatic heterocycles. The Labute approximate surface area is 117 Å². The summed E-state index contributed by atoms with van der Waals surface area (Å²) < 4.78 is 6.56. The fourth-order valence-corrected chi connectivity index (χ4v) is 2.74. The third kappa shape index (κ3) is 5.04. The van der Waals surface area contributed by atoms with Crippen LogP contribution in [-0.2, 0) is 11.3 Å². The Balaban J connectivity index is 1.55. The van der Waals surface area contributed by atoms with Crippen molar-refractivity contribution in [3.8, 4) is 0 Å². The van der Waals surface area contributed by atoms with Crippen molar-refractivity contribution in [1.82, 2.24) is 10.3 Å². The number of hydrogen-bond donors (Lipinski definition) is 1. The first kappa shape index (κ1) is 14.0. The number of halogens is 1. The molecule has 1 saturated heterocycles. The van der Waals surface area contributed by atoms with E-state index in [-0.39, 0.29) is 0 Å². The first-order valence-corrected chi connectivity index (χ1v) is 7.55. The maximum Gasteiger partial charge on any atom is 0.106 e. The molecule has 0 aromatic carbocycles. The normalized spacial score (nSPS) is 19.9. The fraction of sp³-hybridized carbons (Fsp3) is 0.643. The molecule has 2 rings (SSSR count). The molecule has 0 spiro atoms. The largest absolute Gasteiger partial charge is 0.377 e. The predicted molar refractivity (Wildman–Crippen MR) is 76.5 cm³/mol. The summed E-state index contributed by atoms with van der Waals surface area (Å²) in [6.45, 7) is 2.72. The predicted octanol–water partition coefficient (Wildman–Crippen LogP) is 3.28. The van der Waals surface area contributed by atoms with Gasteiger partial charge in [-0.15, -0.1) is 0 Å². The molecule has 0 aliphatic carbocycles. The zero-order valence-electron chi connectivity index (χ0n) is 10.7. The Morgan fingerprint density at radius 3 is 3.17 bits per heavy atom. The van der Waals surface area contributed by atoms with E-state index in [9.17, 15) is 0 Å². The fourth-order valence-electron chi connectivity index (χ4n) is 2.32. The highest BCUT2D eigenvalue weighted by Crippen LogP contribution is 2.12. The van der Waals surface area contributed by atoms with E-state index in [1.165, 1.54) is 37.8 Å². The molecular formula is C14H21BrN2O. The van der Waals surface area contributed by atoms with Crippen LogP contribution >= 0.6 is 15.9 Å². The highest BCUT2D eigenvalue weighted by molar-refractivity contribution is 9.10. The highest BCUT2D eigenvalue weighted by atomic mass is 79.9. The maximum atomic E-state index is 5.69. The SMILES string of the molecule is Brc1cc(COCCCC2CCCCN2)ccn1. The summed E-state index contributed by atoms with van der Waals surface area (Å²) in [6.07, 6.45) is 8.23. The van der Waals surface area contributed by atoms with Gasteiger partial charge >= 0.3 is 0 Å². The molecular weight excluding hydrogens is 292 g/mol. The van der Waals surface area contributed by atoms with Crippen LogP contribution in [0, 0.1) is 0 Å². The van der Waals surface area contributed by atoms with Gasteiger partial charge in [-0.05, 0) is 65.9 Å². The molecule has 0 saturated carbocycles. The molecule has 100 valence electrons. The number of aromatic nitrogens is 1. The molecule has 1 aliphatic rings. The van der Waals surface area contributed by atoms with Gasteiger partial charge in [0, 0.05) is 18.8 Å². The van der Waals surface area contributed by atoms with Gasteiger partial charge in [0.1, 0.15) is 4.60 Å². The van der Waals surface area contributed by atoms with E-state index in [0.29, 0.717) is 6.61 Å². The standard InChI is InChI=1S/C14H21BrN2O/c15-14-10-12(6-8-17-14)11-18-9-3-5-13-4-1-2-7-16-13/h6,8,10,13,16H,1-5,7,9,11H2. The van der Waals surface area contributed by atoms with E-state index in [2.05, 4.69) is 26.2 Å². The van der Waals surface area contributed by atoms with Crippen LogP contribution in [0.4, 0.5) is 0 Å². The molecule has 0 bridgehead atoms. The van der Waals surface area contributed by atoms with Crippen LogP contribution in [-0.4, -0.2) is 24.2 Å². The quantitative estimate of drug-likeness (QED) is 0.646. The smallest absolute Gasteiger partial charge is 0.106 e. The topological polar surface area (TPSA) is 34.1 Å². The van der Waals surface area contributed by atoms with E-state index >= 15 is 0 Å². The maximum absolute atomic E-state index is 5.69. The number of rotatable bonds is 6. The molecule has 4 heteroatoms. The molecule has 1 unspecified atom stereocenters. The highest BCUT2D eigenvalue weighted by Gasteiger charge is 2.11. The van der Waals surface area contributed by atoms with Crippen molar-refractivity contribution in [2.75, 3.05) is 13.2 Å². The van der Waals surface area contributed by atoms with Gasteiger partial charge in [-0.1, -0.05) is 6.42 Å². The summed E-state index contributed by atoms with van der Waals surface area (Å²) in [5, 5.41) is 3.57. The second-order valence-electron chi connectivity index (χ2n) is 4.83. The zero-order valence-corrected chi connectivity index (χ0v) is 12.3. The van der Waals surface area contributed by atoms with Crippen LogP contribution in [0.25, 0.3) is 0 Å². The van der Waals surface area contributed by atoms with Gasteiger partial charge in [-0.2, -0.15) is 0 Å². The van der Waals surface area contributed by atoms with Gasteiger partial charge in [0.2, 0.25) is 0 Å². The van der Waals surface area contributed by atoms with Crippen LogP contribution in [0.2, 0.25) is 0 Å². The molecule has 18 heavy (non-hydrogen) atoms. The molecule has 1 aromatic rings. The Morgan fingerprint density at radius 2 is 2.39 bits per heavy atom. The lowest BCUT2D eigenvalue weighted by Gasteiger charge is -2.23. The van der Waals surface area contributed by atoms with Crippen LogP contribution in [0.5, 0.6) is 0 Å². The molecule has 1 atom stereocenters. The van der Waals surface area contributed by atoms with Crippen molar-refractivity contribution in [3.05, 3.63) is 28.5 Å². The van der Waals surface area contributed by atoms with Crippen LogP contribution in [0.3, 0.4) is 0 Å². The zero-order chi connectivity index (χ0) is 12.6. The van der Waals surface area contributed by atoms with Crippen molar-refractivity contribution < 1.29 is 4.74 Å². The third-order valence-corrected chi connectivity index (χ3v) is 3.75. The van der Waals surface area contributed by atoms with E-state index in [0.717, 1.165) is 23.7 Å². The second kappa shape index (κ2) is 7.87. The Bertz CT molecular complexity index is 353. The Hall–Kier alpha value is -0.450. The molecule has 0 amide bonds. The van der Waals surface area contributed by atoms with E-state index in [1.807, 2.05) is 12.1 Å². The number of ether oxygens (including phenoxy) is 1. The van der Waals surface area contributed by atoms with E-state index in [4.69, 9.17) is 4.74 Å². The minimum absolute atomic E-state index is 0.680. The summed E-state index contributed by atoms with van der Waals surface area (Å²) in [5.41, 5.74) is 1.17. The number of nitrogens with zero attached hydrogens (tertiary/aromatic N) is 1. The number of hydrogen-bond acceptors (Lipinski definition) is 3. The summed E-state index contributed by atoms with van der Waals surface area (Å²) in [6, 6.07) is 4.72. The van der Waals surface area contributed by atoms with Crippen molar-refractivity contribution in [2.24, 2.45) is 0 Å². The molecule has 3 nitrogen and oxygen atoms in total. The first-order valence-electron chi connectivity index (χ1n) is 6.76. The minimum atomic E-state index is 0.680. The average Bonchev–Trinajstić information content (AvgIpc) is 2.40. The lowest BCUT2D eigenvalue weighted by atomic mass is 10.0. The Morgan fingerprint density at radius 1 is 1.44 bits per heavy atom. The van der Waals surface area contributed by atoms with Crippen molar-refractivity contribution >= 4 is 15.9 Å². The number of pyridine rings is 1. The van der Waals surface area contributed by atoms with Gasteiger partial charge in [-0.3, -0.25) is 0 Å². The van der Waals surface area contributed by atoms with Crippen LogP contribution in [0.15, 0.2) is 22.9 Å². The number of nitrogens with one attached hydrogen (secondary N) is 1. The van der Waals surface area contributed by atoms with Crippen LogP contribution in [0.1, 0.15) is 37.7 Å². The Kier molecular flexibility index (Phi) is 6.11. The second-order valence-corrected chi connectivity index (χ2v) is 5.64. The monoisotopic (exact) mass is 312 g/mol. The van der Waals surface area contributed by atoms with Crippen LogP contribution < -0.4 is 5.32 Å². The van der Waals surface area contributed by atoms with Gasteiger partial charge in [0.25, 0.3) is 0 Å². The molecule has 2 heterocycles. The first-order chi connectivity index (χ1) is 8.84. The van der Waals surface area contributed by atoms with Gasteiger partial charge in [0.15, 0.2) is 0 Å². The van der Waals surface area contributed by atoms with Crippen molar-refractivity contribution in [3.63, 3.8) is 0 Å². The van der Waals surface area contributed by atoms with Gasteiger partial charge in [0.05, 0.1) is 6.61 Å². The van der Waals surface area contributed by atoms with Gasteiger partial charge in [-0.25, -0.2) is 4.98 Å². The number of piperidine rings is 1. The molecule has 1 fully saturated rings. The van der Waals surface area contributed by atoms with Crippen molar-refractivity contribution in [1.29, 1.82) is 0 Å². The molecule has 1 N–H and O–H groups in total. The van der Waals surface area contributed by atoms with E-state index in [1.54, 1.807) is 6.20 Å². The van der Waals surface area contributed by atoms with Crippen molar-refractivity contribution in [2.45, 2.75) is 44.8 Å². The van der Waals surface area contributed by atoms with Gasteiger partial charge < -0.3 is 10.1 Å². The summed E-state index contributed by atoms with van der Waals surface area (Å²) in [7, 11) is 0. The lowest BCUT2D eigenvalue weighted by Crippen LogP contribution is -2.33. The van der Waals surface area contributed by atoms with E-state index < -0.39 is 0 Å². The minimum Gasteiger partial charge on any atom is -0.377 e. The average molecular weight is 313 g/mol. The summed E-state index contributed by atoms with van der Waals surface area (Å²) in [5.74, 6) is 0.